The first-order valence-corrected chi connectivity index (χ1v) is 14.1. The number of nitrogens with zero attached hydrogens (tertiary/aromatic N) is 5. The molecule has 0 unspecified atom stereocenters. The molecular weight excluding hydrogens is 506 g/mol. The highest BCUT2D eigenvalue weighted by molar-refractivity contribution is 6.08. The second-order valence-corrected chi connectivity index (χ2v) is 11.0. The summed E-state index contributed by atoms with van der Waals surface area (Å²) in [7, 11) is 0. The summed E-state index contributed by atoms with van der Waals surface area (Å²) < 4.78 is 1.72. The number of benzene rings is 1. The van der Waals surface area contributed by atoms with E-state index in [-0.39, 0.29) is 18.4 Å². The lowest BCUT2D eigenvalue weighted by atomic mass is 9.82. The van der Waals surface area contributed by atoms with Crippen molar-refractivity contribution in [3.05, 3.63) is 71.1 Å². The monoisotopic (exact) mass is 547 g/mol. The van der Waals surface area contributed by atoms with Crippen LogP contribution in [0.15, 0.2) is 59.8 Å². The number of β-lactam (4-membered cyclic amide) rings is 1. The van der Waals surface area contributed by atoms with Crippen molar-refractivity contribution in [2.24, 2.45) is 5.92 Å². The molecule has 2 aliphatic rings. The zero-order valence-corrected chi connectivity index (χ0v) is 24.0. The van der Waals surface area contributed by atoms with E-state index in [1.807, 2.05) is 37.4 Å². The van der Waals surface area contributed by atoms with Crippen LogP contribution in [0, 0.1) is 5.92 Å². The van der Waals surface area contributed by atoms with Gasteiger partial charge in [-0.05, 0) is 58.2 Å². The molecule has 0 radical (unpaired) electrons. The van der Waals surface area contributed by atoms with Crippen molar-refractivity contribution in [3.8, 4) is 0 Å². The molecule has 4 rings (SSSR count). The molecule has 0 saturated carbocycles. The Kier molecular flexibility index (Phi) is 9.37. The van der Waals surface area contributed by atoms with Gasteiger partial charge in [0.15, 0.2) is 5.60 Å². The first kappa shape index (κ1) is 29.4. The Labute approximate surface area is 236 Å². The van der Waals surface area contributed by atoms with E-state index in [1.165, 1.54) is 11.1 Å². The van der Waals surface area contributed by atoms with Crippen LogP contribution in [0.2, 0.25) is 0 Å². The summed E-state index contributed by atoms with van der Waals surface area (Å²) in [5, 5.41) is 29.2. The number of hydrogen-bond acceptors (Lipinski definition) is 6. The zero-order chi connectivity index (χ0) is 28.9. The summed E-state index contributed by atoms with van der Waals surface area (Å²) in [6.45, 7) is 9.71. The highest BCUT2D eigenvalue weighted by Gasteiger charge is 2.52. The zero-order valence-electron chi connectivity index (χ0n) is 24.0. The Hall–Kier alpha value is -3.56. The van der Waals surface area contributed by atoms with Gasteiger partial charge in [-0.2, -0.15) is 0 Å². The number of amides is 2. The molecule has 2 N–H and O–H groups in total. The lowest BCUT2D eigenvalue weighted by molar-refractivity contribution is -0.139. The molecule has 0 aliphatic carbocycles. The highest BCUT2D eigenvalue weighted by atomic mass is 16.3. The topological polar surface area (TPSA) is 112 Å². The van der Waals surface area contributed by atoms with Crippen LogP contribution in [0.1, 0.15) is 64.6 Å². The van der Waals surface area contributed by atoms with Crippen molar-refractivity contribution in [3.63, 3.8) is 0 Å². The van der Waals surface area contributed by atoms with Gasteiger partial charge in [-0.25, -0.2) is 0 Å². The predicted octanol–water partition coefficient (Wildman–Crippen LogP) is 4.06. The number of carbonyl (C=O) groups is 2. The minimum absolute atomic E-state index is 0.0279. The summed E-state index contributed by atoms with van der Waals surface area (Å²) in [4.78, 5) is 29.3. The van der Waals surface area contributed by atoms with Gasteiger partial charge in [0.2, 0.25) is 5.91 Å². The van der Waals surface area contributed by atoms with E-state index in [0.29, 0.717) is 55.8 Å². The Morgan fingerprint density at radius 1 is 1.18 bits per heavy atom. The van der Waals surface area contributed by atoms with Crippen LogP contribution in [-0.2, 0) is 28.2 Å². The molecular formula is C31H41N5O4. The number of hydrogen-bond donors (Lipinski definition) is 2. The van der Waals surface area contributed by atoms with Gasteiger partial charge in [-0.15, -0.1) is 5.10 Å². The number of carbonyl (C=O) groups excluding carboxylic acids is 2. The molecule has 40 heavy (non-hydrogen) atoms. The van der Waals surface area contributed by atoms with E-state index in [1.54, 1.807) is 20.5 Å². The quantitative estimate of drug-likeness (QED) is 0.289. The van der Waals surface area contributed by atoms with Crippen molar-refractivity contribution in [1.82, 2.24) is 15.0 Å². The van der Waals surface area contributed by atoms with Gasteiger partial charge >= 0.3 is 0 Å². The van der Waals surface area contributed by atoms with Crippen molar-refractivity contribution < 1.29 is 19.8 Å². The fraction of sp³-hybridized carbons (Fsp3) is 0.484. The molecule has 1 aromatic heterocycles. The maximum Gasteiger partial charge on any atom is 0.264 e. The van der Waals surface area contributed by atoms with Gasteiger partial charge in [-0.3, -0.25) is 14.3 Å². The molecule has 1 aromatic carbocycles. The Bertz CT molecular complexity index is 1320. The molecule has 214 valence electrons. The third-order valence-corrected chi connectivity index (χ3v) is 7.69. The lowest BCUT2D eigenvalue weighted by Gasteiger charge is -2.32. The number of fused-ring (bicyclic) bond motifs is 1. The minimum Gasteiger partial charge on any atom is -0.396 e. The number of aliphatic hydroxyl groups is 2. The van der Waals surface area contributed by atoms with E-state index in [2.05, 4.69) is 43.2 Å². The number of allylic oxidation sites excluding steroid dienone is 4. The predicted molar refractivity (Wildman–Crippen MR) is 156 cm³/mol. The van der Waals surface area contributed by atoms with Crippen molar-refractivity contribution >= 4 is 23.2 Å². The van der Waals surface area contributed by atoms with Gasteiger partial charge in [0, 0.05) is 62.4 Å². The number of aryl methyl sites for hydroxylation is 1. The van der Waals surface area contributed by atoms with Crippen LogP contribution >= 0.6 is 0 Å². The summed E-state index contributed by atoms with van der Waals surface area (Å²) in [5.74, 6) is -0.817. The van der Waals surface area contributed by atoms with E-state index in [0.717, 1.165) is 18.5 Å². The maximum absolute atomic E-state index is 13.9. The van der Waals surface area contributed by atoms with Gasteiger partial charge in [0.05, 0.1) is 11.4 Å². The number of anilines is 2. The third-order valence-electron chi connectivity index (χ3n) is 7.69. The first-order valence-electron chi connectivity index (χ1n) is 14.1. The standard InChI is InChI=1S/C31H41N5O4/c1-22(2)8-7-9-23(3)13-17-36-28-12-11-26(35-18-14-29(35)38)20-27(28)31(40,30(36)39)24(4)10-5-6-16-34-21-25(15-19-37)32-33-34/h5,8,10-13,20-21,24,37,40H,6-7,9,14-19H2,1-4H3/b10-5+,23-13+/t24-,31+/m0/s1. The van der Waals surface area contributed by atoms with E-state index >= 15 is 0 Å². The maximum atomic E-state index is 13.9. The van der Waals surface area contributed by atoms with Gasteiger partial charge < -0.3 is 20.0 Å². The van der Waals surface area contributed by atoms with E-state index in [4.69, 9.17) is 5.11 Å². The second kappa shape index (κ2) is 12.7. The second-order valence-electron chi connectivity index (χ2n) is 11.0. The highest BCUT2D eigenvalue weighted by Crippen LogP contribution is 2.47. The van der Waals surface area contributed by atoms with Gasteiger partial charge in [-0.1, -0.05) is 47.6 Å². The Morgan fingerprint density at radius 2 is 1.98 bits per heavy atom. The van der Waals surface area contributed by atoms with Crippen LogP contribution in [0.5, 0.6) is 0 Å². The van der Waals surface area contributed by atoms with Crippen LogP contribution in [0.4, 0.5) is 11.4 Å². The average molecular weight is 548 g/mol. The number of aliphatic hydroxyl groups excluding tert-OH is 1. The minimum atomic E-state index is -1.75. The molecule has 2 aromatic rings. The Morgan fingerprint density at radius 3 is 2.65 bits per heavy atom. The molecule has 2 atom stereocenters. The van der Waals surface area contributed by atoms with Crippen molar-refractivity contribution in [2.45, 2.75) is 71.9 Å². The molecule has 2 aliphatic heterocycles. The molecule has 9 heteroatoms. The van der Waals surface area contributed by atoms with E-state index in [9.17, 15) is 14.7 Å². The van der Waals surface area contributed by atoms with Crippen LogP contribution < -0.4 is 9.80 Å². The molecule has 2 amide bonds. The summed E-state index contributed by atoms with van der Waals surface area (Å²) in [6, 6.07) is 5.51. The number of aromatic nitrogens is 3. The number of rotatable bonds is 13. The molecule has 3 heterocycles. The lowest BCUT2D eigenvalue weighted by Crippen LogP contribution is -2.45. The molecule has 0 spiro atoms. The first-order chi connectivity index (χ1) is 19.1. The van der Waals surface area contributed by atoms with Gasteiger partial charge in [0.25, 0.3) is 5.91 Å². The largest absolute Gasteiger partial charge is 0.396 e. The van der Waals surface area contributed by atoms with Crippen LogP contribution in [0.25, 0.3) is 0 Å². The van der Waals surface area contributed by atoms with E-state index < -0.39 is 11.5 Å². The smallest absolute Gasteiger partial charge is 0.264 e. The summed E-state index contributed by atoms with van der Waals surface area (Å²) in [6.07, 6.45) is 13.4. The summed E-state index contributed by atoms with van der Waals surface area (Å²) >= 11 is 0. The SMILES string of the molecule is CC(C)=CCC/C(C)=C/CN1C(=O)[C@@](O)([C@@H](C)/C=C/CCn2cc(CCO)nn2)c2cc(N3CCC3=O)ccc21. The molecule has 1 saturated heterocycles. The van der Waals surface area contributed by atoms with Crippen LogP contribution in [0.3, 0.4) is 0 Å². The Balaban J connectivity index is 1.54. The van der Waals surface area contributed by atoms with Crippen LogP contribution in [-0.4, -0.2) is 56.7 Å². The molecule has 0 bridgehead atoms. The van der Waals surface area contributed by atoms with Crippen molar-refractivity contribution in [2.75, 3.05) is 29.5 Å². The fourth-order valence-electron chi connectivity index (χ4n) is 5.13. The average Bonchev–Trinajstić information content (AvgIpc) is 3.45. The molecule has 1 fully saturated rings. The third kappa shape index (κ3) is 6.26. The van der Waals surface area contributed by atoms with Gasteiger partial charge in [0.1, 0.15) is 0 Å². The molecule has 9 nitrogen and oxygen atoms in total. The normalized spacial score (nSPS) is 19.8. The van der Waals surface area contributed by atoms with Crippen molar-refractivity contribution in [1.29, 1.82) is 0 Å². The summed E-state index contributed by atoms with van der Waals surface area (Å²) in [5.41, 5.74) is 3.38. The fourth-order valence-corrected chi connectivity index (χ4v) is 5.13.